The molecule has 4 nitrogen and oxygen atoms in total. The predicted molar refractivity (Wildman–Crippen MR) is 78.2 cm³/mol. The number of rotatable bonds is 6. The van der Waals surface area contributed by atoms with Gasteiger partial charge >= 0.3 is 0 Å². The van der Waals surface area contributed by atoms with Crippen LogP contribution in [0.2, 0.25) is 0 Å². The molecule has 1 amide bonds. The maximum atomic E-state index is 12.0. The van der Waals surface area contributed by atoms with E-state index in [1.54, 1.807) is 12.0 Å². The summed E-state index contributed by atoms with van der Waals surface area (Å²) in [5, 5.41) is 3.23. The summed E-state index contributed by atoms with van der Waals surface area (Å²) >= 11 is 3.44. The summed E-state index contributed by atoms with van der Waals surface area (Å²) in [6.45, 7) is 0.964. The van der Waals surface area contributed by atoms with Gasteiger partial charge in [0, 0.05) is 29.7 Å². The van der Waals surface area contributed by atoms with E-state index in [1.807, 2.05) is 25.2 Å². The summed E-state index contributed by atoms with van der Waals surface area (Å²) in [6.07, 6.45) is 2.38. The minimum atomic E-state index is 0.105. The molecule has 0 aromatic heterocycles. The third-order valence-corrected chi connectivity index (χ3v) is 3.69. The second-order valence-corrected chi connectivity index (χ2v) is 5.78. The van der Waals surface area contributed by atoms with Crippen molar-refractivity contribution >= 4 is 21.8 Å². The van der Waals surface area contributed by atoms with Gasteiger partial charge in [0.25, 0.3) is 0 Å². The van der Waals surface area contributed by atoms with Crippen LogP contribution in [0.3, 0.4) is 0 Å². The first kappa shape index (κ1) is 14.3. The highest BCUT2D eigenvalue weighted by atomic mass is 79.9. The molecule has 1 N–H and O–H groups in total. The molecule has 2 rings (SSSR count). The lowest BCUT2D eigenvalue weighted by Crippen LogP contribution is -2.36. The Bertz CT molecular complexity index is 461. The average Bonchev–Trinajstić information content (AvgIpc) is 3.20. The van der Waals surface area contributed by atoms with E-state index in [2.05, 4.69) is 21.2 Å². The van der Waals surface area contributed by atoms with E-state index in [0.29, 0.717) is 19.1 Å². The number of halogens is 1. The molecule has 0 radical (unpaired) electrons. The van der Waals surface area contributed by atoms with E-state index in [9.17, 15) is 4.79 Å². The van der Waals surface area contributed by atoms with Crippen molar-refractivity contribution in [1.29, 1.82) is 0 Å². The molecule has 1 aromatic rings. The fraction of sp³-hybridized carbons (Fsp3) is 0.500. The van der Waals surface area contributed by atoms with Crippen molar-refractivity contribution in [2.24, 2.45) is 0 Å². The van der Waals surface area contributed by atoms with Crippen molar-refractivity contribution in [3.63, 3.8) is 0 Å². The molecule has 0 spiro atoms. The number of benzene rings is 1. The Hall–Kier alpha value is -1.07. The van der Waals surface area contributed by atoms with E-state index in [0.717, 1.165) is 15.8 Å². The number of carbonyl (C=O) groups is 1. The van der Waals surface area contributed by atoms with E-state index < -0.39 is 0 Å². The molecule has 0 aliphatic heterocycles. The molecule has 5 heteroatoms. The maximum absolute atomic E-state index is 12.0. The van der Waals surface area contributed by atoms with Gasteiger partial charge in [-0.3, -0.25) is 4.79 Å². The summed E-state index contributed by atoms with van der Waals surface area (Å²) < 4.78 is 6.30. The van der Waals surface area contributed by atoms with Crippen LogP contribution >= 0.6 is 15.9 Å². The predicted octanol–water partition coefficient (Wildman–Crippen LogP) is 2.17. The topological polar surface area (TPSA) is 41.6 Å². The van der Waals surface area contributed by atoms with E-state index in [4.69, 9.17) is 4.74 Å². The Morgan fingerprint density at radius 1 is 1.53 bits per heavy atom. The molecule has 1 saturated carbocycles. The molecule has 1 aliphatic carbocycles. The molecule has 1 fully saturated rings. The van der Waals surface area contributed by atoms with Crippen LogP contribution in [0.15, 0.2) is 22.7 Å². The number of nitrogens with zero attached hydrogens (tertiary/aromatic N) is 1. The zero-order chi connectivity index (χ0) is 13.8. The van der Waals surface area contributed by atoms with Gasteiger partial charge in [0.1, 0.15) is 5.75 Å². The Labute approximate surface area is 122 Å². The average molecular weight is 327 g/mol. The number of likely N-dealkylation sites (N-methyl/N-ethyl adjacent to an activating group) is 1. The van der Waals surface area contributed by atoms with Gasteiger partial charge in [0.05, 0.1) is 13.7 Å². The van der Waals surface area contributed by atoms with Crippen LogP contribution < -0.4 is 10.1 Å². The standard InChI is InChI=1S/C14H19BrN2O2/c1-17(14(18)8-16-12-4-5-12)9-10-7-11(15)3-6-13(10)19-2/h3,6-7,12,16H,4-5,8-9H2,1-2H3. The van der Waals surface area contributed by atoms with Crippen LogP contribution in [0.1, 0.15) is 18.4 Å². The molecule has 1 aromatic carbocycles. The minimum Gasteiger partial charge on any atom is -0.496 e. The fourth-order valence-corrected chi connectivity index (χ4v) is 2.28. The Balaban J connectivity index is 1.94. The van der Waals surface area contributed by atoms with Crippen molar-refractivity contribution in [1.82, 2.24) is 10.2 Å². The second kappa shape index (κ2) is 6.39. The molecule has 1 aliphatic rings. The first-order valence-electron chi connectivity index (χ1n) is 6.40. The first-order valence-corrected chi connectivity index (χ1v) is 7.19. The molecule has 0 unspecified atom stereocenters. The molecule has 19 heavy (non-hydrogen) atoms. The van der Waals surface area contributed by atoms with Crippen molar-refractivity contribution in [3.05, 3.63) is 28.2 Å². The van der Waals surface area contributed by atoms with Gasteiger partial charge in [-0.2, -0.15) is 0 Å². The third-order valence-electron chi connectivity index (χ3n) is 3.20. The van der Waals surface area contributed by atoms with Gasteiger partial charge in [-0.05, 0) is 31.0 Å². The van der Waals surface area contributed by atoms with Crippen LogP contribution in [0.5, 0.6) is 5.75 Å². The normalized spacial score (nSPS) is 14.3. The van der Waals surface area contributed by atoms with Crippen molar-refractivity contribution < 1.29 is 9.53 Å². The molecule has 0 heterocycles. The summed E-state index contributed by atoms with van der Waals surface area (Å²) in [4.78, 5) is 13.7. The van der Waals surface area contributed by atoms with Crippen LogP contribution in [0.4, 0.5) is 0 Å². The third kappa shape index (κ3) is 4.21. The number of nitrogens with one attached hydrogen (secondary N) is 1. The first-order chi connectivity index (χ1) is 9.10. The van der Waals surface area contributed by atoms with Crippen LogP contribution in [0.25, 0.3) is 0 Å². The number of amides is 1. The Kier molecular flexibility index (Phi) is 4.82. The second-order valence-electron chi connectivity index (χ2n) is 4.86. The molecule has 0 bridgehead atoms. The monoisotopic (exact) mass is 326 g/mol. The van der Waals surface area contributed by atoms with Crippen LogP contribution in [-0.2, 0) is 11.3 Å². The SMILES string of the molecule is COc1ccc(Br)cc1CN(C)C(=O)CNC1CC1. The van der Waals surface area contributed by atoms with Crippen LogP contribution in [-0.4, -0.2) is 37.6 Å². The summed E-state index contributed by atoms with van der Waals surface area (Å²) in [5.74, 6) is 0.909. The number of ether oxygens (including phenoxy) is 1. The lowest BCUT2D eigenvalue weighted by molar-refractivity contribution is -0.129. The largest absolute Gasteiger partial charge is 0.496 e. The highest BCUT2D eigenvalue weighted by Crippen LogP contribution is 2.24. The van der Waals surface area contributed by atoms with Gasteiger partial charge in [0.15, 0.2) is 0 Å². The summed E-state index contributed by atoms with van der Waals surface area (Å²) in [6, 6.07) is 6.37. The van der Waals surface area contributed by atoms with Crippen molar-refractivity contribution in [2.45, 2.75) is 25.4 Å². The molecular weight excluding hydrogens is 308 g/mol. The zero-order valence-corrected chi connectivity index (χ0v) is 12.9. The fourth-order valence-electron chi connectivity index (χ4n) is 1.87. The van der Waals surface area contributed by atoms with E-state index in [-0.39, 0.29) is 5.91 Å². The van der Waals surface area contributed by atoms with Gasteiger partial charge < -0.3 is 15.0 Å². The van der Waals surface area contributed by atoms with E-state index in [1.165, 1.54) is 12.8 Å². The summed E-state index contributed by atoms with van der Waals surface area (Å²) in [5.41, 5.74) is 0.999. The highest BCUT2D eigenvalue weighted by molar-refractivity contribution is 9.10. The number of hydrogen-bond donors (Lipinski definition) is 1. The minimum absolute atomic E-state index is 0.105. The van der Waals surface area contributed by atoms with Crippen molar-refractivity contribution in [2.75, 3.05) is 20.7 Å². The van der Waals surface area contributed by atoms with Gasteiger partial charge in [-0.25, -0.2) is 0 Å². The number of methoxy groups -OCH3 is 1. The van der Waals surface area contributed by atoms with Gasteiger partial charge in [-0.15, -0.1) is 0 Å². The molecule has 0 saturated heterocycles. The smallest absolute Gasteiger partial charge is 0.236 e. The van der Waals surface area contributed by atoms with Gasteiger partial charge in [-0.1, -0.05) is 15.9 Å². The lowest BCUT2D eigenvalue weighted by Gasteiger charge is -2.19. The zero-order valence-electron chi connectivity index (χ0n) is 11.3. The molecule has 104 valence electrons. The Morgan fingerprint density at radius 3 is 2.89 bits per heavy atom. The lowest BCUT2D eigenvalue weighted by atomic mass is 10.2. The quantitative estimate of drug-likeness (QED) is 0.871. The Morgan fingerprint density at radius 2 is 2.26 bits per heavy atom. The van der Waals surface area contributed by atoms with E-state index >= 15 is 0 Å². The maximum Gasteiger partial charge on any atom is 0.236 e. The highest BCUT2D eigenvalue weighted by Gasteiger charge is 2.22. The molecule has 0 atom stereocenters. The van der Waals surface area contributed by atoms with Gasteiger partial charge in [0.2, 0.25) is 5.91 Å². The number of carbonyl (C=O) groups excluding carboxylic acids is 1. The van der Waals surface area contributed by atoms with Crippen molar-refractivity contribution in [3.8, 4) is 5.75 Å². The summed E-state index contributed by atoms with van der Waals surface area (Å²) in [7, 11) is 3.46. The van der Waals surface area contributed by atoms with Crippen LogP contribution in [0, 0.1) is 0 Å². The number of hydrogen-bond acceptors (Lipinski definition) is 3. The molecular formula is C14H19BrN2O2.